The van der Waals surface area contributed by atoms with Crippen molar-refractivity contribution in [1.29, 1.82) is 0 Å². The number of aryl methyl sites for hydroxylation is 1. The van der Waals surface area contributed by atoms with Crippen LogP contribution < -0.4 is 0 Å². The summed E-state index contributed by atoms with van der Waals surface area (Å²) in [5.74, 6) is 0.466. The van der Waals surface area contributed by atoms with Crippen molar-refractivity contribution in [2.24, 2.45) is 5.92 Å². The van der Waals surface area contributed by atoms with Crippen LogP contribution in [0.2, 0.25) is 0 Å². The molecule has 0 fully saturated rings. The second-order valence-corrected chi connectivity index (χ2v) is 4.86. The summed E-state index contributed by atoms with van der Waals surface area (Å²) in [6.07, 6.45) is 2.43. The number of nitrogens with zero attached hydrogens (tertiary/aromatic N) is 1. The number of ether oxygens (including phenoxy) is 1. The highest BCUT2D eigenvalue weighted by atomic mass is 32.1. The molecule has 84 valence electrons. The number of hydrogen-bond acceptors (Lipinski definition) is 4. The minimum absolute atomic E-state index is 0.226. The average molecular weight is 227 g/mol. The van der Waals surface area contributed by atoms with Crippen molar-refractivity contribution in [2.75, 3.05) is 7.11 Å². The molecule has 1 rings (SSSR count). The van der Waals surface area contributed by atoms with Crippen LogP contribution in [0.25, 0.3) is 0 Å². The monoisotopic (exact) mass is 227 g/mol. The highest BCUT2D eigenvalue weighted by Gasteiger charge is 2.07. The Labute approximate surface area is 94.5 Å². The predicted octanol–water partition coefficient (Wildman–Crippen LogP) is 2.45. The lowest BCUT2D eigenvalue weighted by Gasteiger charge is -2.00. The third-order valence-electron chi connectivity index (χ3n) is 2.09. The minimum atomic E-state index is -0.226. The Bertz CT molecular complexity index is 320. The van der Waals surface area contributed by atoms with Crippen LogP contribution in [0.5, 0.6) is 0 Å². The third kappa shape index (κ3) is 4.42. The Morgan fingerprint density at radius 1 is 1.60 bits per heavy atom. The van der Waals surface area contributed by atoms with E-state index in [9.17, 15) is 4.79 Å². The molecule has 15 heavy (non-hydrogen) atoms. The van der Waals surface area contributed by atoms with Gasteiger partial charge in [-0.3, -0.25) is 4.79 Å². The van der Waals surface area contributed by atoms with Crippen LogP contribution in [0.15, 0.2) is 5.38 Å². The summed E-state index contributed by atoms with van der Waals surface area (Å²) < 4.78 is 4.59. The zero-order valence-electron chi connectivity index (χ0n) is 9.45. The van der Waals surface area contributed by atoms with Gasteiger partial charge in [0.2, 0.25) is 0 Å². The Balaban J connectivity index is 2.45. The van der Waals surface area contributed by atoms with Gasteiger partial charge in [-0.1, -0.05) is 13.8 Å². The van der Waals surface area contributed by atoms with E-state index in [-0.39, 0.29) is 12.4 Å². The van der Waals surface area contributed by atoms with E-state index in [1.54, 1.807) is 11.3 Å². The summed E-state index contributed by atoms with van der Waals surface area (Å²) in [5.41, 5.74) is 0.825. The van der Waals surface area contributed by atoms with Gasteiger partial charge in [0, 0.05) is 5.38 Å². The van der Waals surface area contributed by atoms with E-state index < -0.39 is 0 Å². The van der Waals surface area contributed by atoms with Crippen LogP contribution in [0.4, 0.5) is 0 Å². The van der Waals surface area contributed by atoms with Gasteiger partial charge in [0.1, 0.15) is 0 Å². The average Bonchev–Trinajstić information content (AvgIpc) is 2.62. The van der Waals surface area contributed by atoms with Crippen molar-refractivity contribution in [3.05, 3.63) is 16.1 Å². The first-order valence-corrected chi connectivity index (χ1v) is 6.00. The SMILES string of the molecule is COC(=O)Cc1csc(CCC(C)C)n1. The molecule has 0 spiro atoms. The molecule has 3 nitrogen and oxygen atoms in total. The molecule has 0 saturated carbocycles. The summed E-state index contributed by atoms with van der Waals surface area (Å²) in [4.78, 5) is 15.4. The second kappa shape index (κ2) is 5.85. The first kappa shape index (κ1) is 12.2. The molecule has 0 aromatic carbocycles. The van der Waals surface area contributed by atoms with Gasteiger partial charge in [-0.15, -0.1) is 11.3 Å². The van der Waals surface area contributed by atoms with E-state index in [1.807, 2.05) is 5.38 Å². The Morgan fingerprint density at radius 3 is 2.93 bits per heavy atom. The van der Waals surface area contributed by atoms with Crippen molar-refractivity contribution in [3.8, 4) is 0 Å². The lowest BCUT2D eigenvalue weighted by Crippen LogP contribution is -2.04. The maximum absolute atomic E-state index is 11.0. The maximum Gasteiger partial charge on any atom is 0.311 e. The smallest absolute Gasteiger partial charge is 0.311 e. The molecule has 0 atom stereocenters. The third-order valence-corrected chi connectivity index (χ3v) is 3.05. The second-order valence-electron chi connectivity index (χ2n) is 3.92. The fourth-order valence-electron chi connectivity index (χ4n) is 1.18. The maximum atomic E-state index is 11.0. The predicted molar refractivity (Wildman–Crippen MR) is 61.0 cm³/mol. The first-order chi connectivity index (χ1) is 7.11. The molecule has 4 heteroatoms. The summed E-state index contributed by atoms with van der Waals surface area (Å²) in [7, 11) is 1.40. The van der Waals surface area contributed by atoms with Crippen molar-refractivity contribution in [1.82, 2.24) is 4.98 Å². The van der Waals surface area contributed by atoms with Crippen LogP contribution >= 0.6 is 11.3 Å². The number of carbonyl (C=O) groups excluding carboxylic acids is 1. The summed E-state index contributed by atoms with van der Waals surface area (Å²) in [6.45, 7) is 4.39. The molecule has 0 amide bonds. The molecule has 0 saturated heterocycles. The normalized spacial score (nSPS) is 10.7. The van der Waals surface area contributed by atoms with Gasteiger partial charge in [0.05, 0.1) is 24.2 Å². The van der Waals surface area contributed by atoms with Crippen molar-refractivity contribution >= 4 is 17.3 Å². The van der Waals surface area contributed by atoms with Gasteiger partial charge < -0.3 is 4.74 Å². The quantitative estimate of drug-likeness (QED) is 0.725. The molecule has 0 N–H and O–H groups in total. The molecule has 0 aliphatic heterocycles. The van der Waals surface area contributed by atoms with Gasteiger partial charge in [0.25, 0.3) is 0 Å². The van der Waals surface area contributed by atoms with Gasteiger partial charge in [-0.25, -0.2) is 4.98 Å². The van der Waals surface area contributed by atoms with Crippen LogP contribution in [0.1, 0.15) is 31.0 Å². The minimum Gasteiger partial charge on any atom is -0.469 e. The van der Waals surface area contributed by atoms with Crippen LogP contribution in [0, 0.1) is 5.92 Å². The molecule has 1 aromatic heterocycles. The zero-order chi connectivity index (χ0) is 11.3. The van der Waals surface area contributed by atoms with E-state index in [2.05, 4.69) is 23.6 Å². The molecule has 0 unspecified atom stereocenters. The molecule has 1 aromatic rings. The number of aromatic nitrogens is 1. The fraction of sp³-hybridized carbons (Fsp3) is 0.636. The number of methoxy groups -OCH3 is 1. The molecular formula is C11H17NO2S. The van der Waals surface area contributed by atoms with Gasteiger partial charge in [0.15, 0.2) is 0 Å². The standard InChI is InChI=1S/C11H17NO2S/c1-8(2)4-5-10-12-9(7-15-10)6-11(13)14-3/h7-8H,4-6H2,1-3H3. The van der Waals surface area contributed by atoms with E-state index in [4.69, 9.17) is 0 Å². The fourth-order valence-corrected chi connectivity index (χ4v) is 1.99. The zero-order valence-corrected chi connectivity index (χ0v) is 10.3. The molecule has 0 aliphatic carbocycles. The largest absolute Gasteiger partial charge is 0.469 e. The van der Waals surface area contributed by atoms with Gasteiger partial charge in [-0.2, -0.15) is 0 Å². The van der Waals surface area contributed by atoms with Crippen LogP contribution in [-0.2, 0) is 22.4 Å². The van der Waals surface area contributed by atoms with E-state index >= 15 is 0 Å². The van der Waals surface area contributed by atoms with Crippen molar-refractivity contribution in [3.63, 3.8) is 0 Å². The number of rotatable bonds is 5. The number of thiazole rings is 1. The Morgan fingerprint density at radius 2 is 2.33 bits per heavy atom. The summed E-state index contributed by atoms with van der Waals surface area (Å²) in [6, 6.07) is 0. The molecule has 0 bridgehead atoms. The van der Waals surface area contributed by atoms with Gasteiger partial charge >= 0.3 is 5.97 Å². The van der Waals surface area contributed by atoms with Crippen LogP contribution in [-0.4, -0.2) is 18.1 Å². The lowest BCUT2D eigenvalue weighted by atomic mass is 10.1. The lowest BCUT2D eigenvalue weighted by molar-refractivity contribution is -0.139. The Hall–Kier alpha value is -0.900. The molecule has 1 heterocycles. The highest BCUT2D eigenvalue weighted by molar-refractivity contribution is 7.09. The number of esters is 1. The first-order valence-electron chi connectivity index (χ1n) is 5.12. The Kier molecular flexibility index (Phi) is 4.75. The van der Waals surface area contributed by atoms with Crippen LogP contribution in [0.3, 0.4) is 0 Å². The van der Waals surface area contributed by atoms with E-state index in [1.165, 1.54) is 7.11 Å². The summed E-state index contributed by atoms with van der Waals surface area (Å²) >= 11 is 1.63. The van der Waals surface area contributed by atoms with Crippen molar-refractivity contribution in [2.45, 2.75) is 33.1 Å². The van der Waals surface area contributed by atoms with E-state index in [0.29, 0.717) is 5.92 Å². The summed E-state index contributed by atoms with van der Waals surface area (Å²) in [5, 5.41) is 3.05. The molecule has 0 radical (unpaired) electrons. The van der Waals surface area contributed by atoms with Crippen molar-refractivity contribution < 1.29 is 9.53 Å². The topological polar surface area (TPSA) is 39.2 Å². The van der Waals surface area contributed by atoms with E-state index in [0.717, 1.165) is 23.5 Å². The number of carbonyl (C=O) groups is 1. The van der Waals surface area contributed by atoms with Gasteiger partial charge in [-0.05, 0) is 18.8 Å². The molecule has 0 aliphatic rings. The molecular weight excluding hydrogens is 210 g/mol. The number of hydrogen-bond donors (Lipinski definition) is 0. The highest BCUT2D eigenvalue weighted by Crippen LogP contribution is 2.14.